The summed E-state index contributed by atoms with van der Waals surface area (Å²) >= 11 is 0. The second-order valence-corrected chi connectivity index (χ2v) is 3.46. The van der Waals surface area contributed by atoms with Crippen molar-refractivity contribution < 1.29 is 14.6 Å². The zero-order valence-corrected chi connectivity index (χ0v) is 9.21. The summed E-state index contributed by atoms with van der Waals surface area (Å²) in [5.41, 5.74) is 0.310. The molecular weight excluding hydrogens is 192 g/mol. The Hall–Kier alpha value is -1.25. The lowest BCUT2D eigenvalue weighted by atomic mass is 10.1. The van der Waals surface area contributed by atoms with Crippen LogP contribution in [0.1, 0.15) is 38.5 Å². The van der Waals surface area contributed by atoms with E-state index in [1.807, 2.05) is 0 Å². The predicted molar refractivity (Wildman–Crippen MR) is 60.6 cm³/mol. The summed E-state index contributed by atoms with van der Waals surface area (Å²) in [4.78, 5) is 10.4. The molecule has 0 aliphatic carbocycles. The van der Waals surface area contributed by atoms with Gasteiger partial charge in [-0.3, -0.25) is 0 Å². The molecule has 0 amide bonds. The summed E-state index contributed by atoms with van der Waals surface area (Å²) in [5, 5.41) is 8.56. The van der Waals surface area contributed by atoms with Gasteiger partial charge in [-0.25, -0.2) is 4.79 Å². The summed E-state index contributed by atoms with van der Waals surface area (Å²) in [6, 6.07) is 0. The first-order chi connectivity index (χ1) is 7.18. The number of carbonyl (C=O) groups is 1. The SMILES string of the molecule is C=COCCCCCCCC(=C)C(=O)O. The van der Waals surface area contributed by atoms with Crippen LogP contribution in [0, 0.1) is 0 Å². The fourth-order valence-corrected chi connectivity index (χ4v) is 1.24. The molecule has 0 aliphatic heterocycles. The molecule has 0 aromatic rings. The highest BCUT2D eigenvalue weighted by atomic mass is 16.5. The molecule has 0 radical (unpaired) electrons. The molecule has 15 heavy (non-hydrogen) atoms. The number of carboxylic acid groups (broad SMARTS) is 1. The fraction of sp³-hybridized carbons (Fsp3) is 0.583. The molecule has 0 aromatic heterocycles. The standard InChI is InChI=1S/C12H20O3/c1-3-15-10-8-6-4-5-7-9-11(2)12(13)14/h3H,1-2,4-10H2,(H,13,14). The Balaban J connectivity index is 3.14. The van der Waals surface area contributed by atoms with Gasteiger partial charge in [0.25, 0.3) is 0 Å². The van der Waals surface area contributed by atoms with Crippen LogP contribution in [0.25, 0.3) is 0 Å². The van der Waals surface area contributed by atoms with Gasteiger partial charge >= 0.3 is 5.97 Å². The molecule has 0 unspecified atom stereocenters. The Bertz CT molecular complexity index is 209. The smallest absolute Gasteiger partial charge is 0.330 e. The lowest BCUT2D eigenvalue weighted by Crippen LogP contribution is -1.98. The van der Waals surface area contributed by atoms with Gasteiger partial charge in [-0.15, -0.1) is 0 Å². The molecule has 0 heterocycles. The highest BCUT2D eigenvalue weighted by Crippen LogP contribution is 2.09. The lowest BCUT2D eigenvalue weighted by Gasteiger charge is -2.02. The van der Waals surface area contributed by atoms with Crippen LogP contribution in [0.3, 0.4) is 0 Å². The van der Waals surface area contributed by atoms with Crippen LogP contribution >= 0.6 is 0 Å². The number of hydrogen-bond acceptors (Lipinski definition) is 2. The molecule has 0 atom stereocenters. The van der Waals surface area contributed by atoms with Crippen LogP contribution in [0.5, 0.6) is 0 Å². The van der Waals surface area contributed by atoms with Crippen molar-refractivity contribution in [2.24, 2.45) is 0 Å². The van der Waals surface area contributed by atoms with Crippen molar-refractivity contribution in [3.8, 4) is 0 Å². The van der Waals surface area contributed by atoms with Gasteiger partial charge in [-0.1, -0.05) is 32.4 Å². The van der Waals surface area contributed by atoms with Crippen molar-refractivity contribution in [2.75, 3.05) is 6.61 Å². The summed E-state index contributed by atoms with van der Waals surface area (Å²) < 4.78 is 4.98. The van der Waals surface area contributed by atoms with Gasteiger partial charge in [0.05, 0.1) is 12.9 Å². The maximum Gasteiger partial charge on any atom is 0.330 e. The van der Waals surface area contributed by atoms with E-state index in [2.05, 4.69) is 13.2 Å². The fourth-order valence-electron chi connectivity index (χ4n) is 1.24. The van der Waals surface area contributed by atoms with E-state index in [-0.39, 0.29) is 0 Å². The van der Waals surface area contributed by atoms with Gasteiger partial charge in [-0.2, -0.15) is 0 Å². The lowest BCUT2D eigenvalue weighted by molar-refractivity contribution is -0.132. The maximum atomic E-state index is 10.4. The Labute approximate surface area is 91.4 Å². The van der Waals surface area contributed by atoms with Crippen molar-refractivity contribution in [2.45, 2.75) is 38.5 Å². The Morgan fingerprint density at radius 1 is 1.20 bits per heavy atom. The van der Waals surface area contributed by atoms with Gasteiger partial charge < -0.3 is 9.84 Å². The van der Waals surface area contributed by atoms with Gasteiger partial charge in [0.1, 0.15) is 0 Å². The van der Waals surface area contributed by atoms with Crippen LogP contribution in [-0.4, -0.2) is 17.7 Å². The van der Waals surface area contributed by atoms with E-state index in [1.54, 1.807) is 0 Å². The molecule has 0 aromatic carbocycles. The number of unbranched alkanes of at least 4 members (excludes halogenated alkanes) is 4. The third kappa shape index (κ3) is 9.06. The van der Waals surface area contributed by atoms with Crippen LogP contribution in [0.4, 0.5) is 0 Å². The van der Waals surface area contributed by atoms with Crippen molar-refractivity contribution in [1.82, 2.24) is 0 Å². The Morgan fingerprint density at radius 2 is 1.80 bits per heavy atom. The van der Waals surface area contributed by atoms with Crippen LogP contribution in [0.15, 0.2) is 25.0 Å². The minimum absolute atomic E-state index is 0.310. The highest BCUT2D eigenvalue weighted by Gasteiger charge is 2.02. The van der Waals surface area contributed by atoms with Crippen molar-refractivity contribution >= 4 is 5.97 Å². The van der Waals surface area contributed by atoms with Gasteiger partial charge in [0, 0.05) is 5.57 Å². The van der Waals surface area contributed by atoms with Crippen molar-refractivity contribution in [1.29, 1.82) is 0 Å². The average Bonchev–Trinajstić information content (AvgIpc) is 2.21. The monoisotopic (exact) mass is 212 g/mol. The zero-order valence-electron chi connectivity index (χ0n) is 9.21. The molecule has 0 spiro atoms. The first-order valence-electron chi connectivity index (χ1n) is 5.32. The first kappa shape index (κ1) is 13.8. The summed E-state index contributed by atoms with van der Waals surface area (Å²) in [7, 11) is 0. The predicted octanol–water partition coefficient (Wildman–Crippen LogP) is 3.13. The summed E-state index contributed by atoms with van der Waals surface area (Å²) in [6.45, 7) is 7.67. The van der Waals surface area contributed by atoms with Crippen LogP contribution in [-0.2, 0) is 9.53 Å². The van der Waals surface area contributed by atoms with E-state index >= 15 is 0 Å². The number of hydrogen-bond donors (Lipinski definition) is 1. The molecule has 0 fully saturated rings. The normalized spacial score (nSPS) is 9.60. The van der Waals surface area contributed by atoms with E-state index in [4.69, 9.17) is 9.84 Å². The minimum atomic E-state index is -0.880. The molecule has 3 nitrogen and oxygen atoms in total. The highest BCUT2D eigenvalue weighted by molar-refractivity contribution is 5.85. The topological polar surface area (TPSA) is 46.5 Å². The van der Waals surface area contributed by atoms with E-state index in [1.165, 1.54) is 6.26 Å². The second kappa shape index (κ2) is 9.31. The molecule has 0 saturated carbocycles. The van der Waals surface area contributed by atoms with Crippen molar-refractivity contribution in [3.63, 3.8) is 0 Å². The summed E-state index contributed by atoms with van der Waals surface area (Å²) in [6.07, 6.45) is 7.29. The maximum absolute atomic E-state index is 10.4. The minimum Gasteiger partial charge on any atom is -0.502 e. The van der Waals surface area contributed by atoms with E-state index in [9.17, 15) is 4.79 Å². The number of aliphatic carboxylic acids is 1. The second-order valence-electron chi connectivity index (χ2n) is 3.46. The molecule has 3 heteroatoms. The number of rotatable bonds is 10. The molecule has 0 bridgehead atoms. The molecule has 0 aliphatic rings. The zero-order chi connectivity index (χ0) is 11.5. The van der Waals surface area contributed by atoms with Crippen molar-refractivity contribution in [3.05, 3.63) is 25.0 Å². The van der Waals surface area contributed by atoms with Crippen LogP contribution in [0.2, 0.25) is 0 Å². The molecule has 0 rings (SSSR count). The van der Waals surface area contributed by atoms with E-state index in [0.717, 1.165) is 38.7 Å². The van der Waals surface area contributed by atoms with Crippen LogP contribution < -0.4 is 0 Å². The third-order valence-electron chi connectivity index (χ3n) is 2.16. The number of carboxylic acids is 1. The molecule has 1 N–H and O–H groups in total. The van der Waals surface area contributed by atoms with Gasteiger partial charge in [-0.05, 0) is 19.3 Å². The van der Waals surface area contributed by atoms with Gasteiger partial charge in [0.2, 0.25) is 0 Å². The van der Waals surface area contributed by atoms with E-state index < -0.39 is 5.97 Å². The van der Waals surface area contributed by atoms with E-state index in [0.29, 0.717) is 12.0 Å². The Kier molecular flexibility index (Phi) is 8.53. The molecule has 86 valence electrons. The largest absolute Gasteiger partial charge is 0.502 e. The number of ether oxygens (including phenoxy) is 1. The third-order valence-corrected chi connectivity index (χ3v) is 2.16. The quantitative estimate of drug-likeness (QED) is 0.344. The summed E-state index contributed by atoms with van der Waals surface area (Å²) in [5.74, 6) is -0.880. The Morgan fingerprint density at radius 3 is 2.40 bits per heavy atom. The average molecular weight is 212 g/mol. The molecular formula is C12H20O3. The van der Waals surface area contributed by atoms with Gasteiger partial charge in [0.15, 0.2) is 0 Å². The molecule has 0 saturated heterocycles. The first-order valence-corrected chi connectivity index (χ1v) is 5.32.